The zero-order valence-corrected chi connectivity index (χ0v) is 27.3. The van der Waals surface area contributed by atoms with E-state index >= 15 is 0 Å². The zero-order valence-electron chi connectivity index (χ0n) is 27.3. The summed E-state index contributed by atoms with van der Waals surface area (Å²) in [5.41, 5.74) is -1.60. The second kappa shape index (κ2) is 15.5. The Kier molecular flexibility index (Phi) is 13.3. The van der Waals surface area contributed by atoms with E-state index in [4.69, 9.17) is 85.2 Å². The largest absolute Gasteiger partial charge is 0.381 e. The third kappa shape index (κ3) is 6.19. The predicted molar refractivity (Wildman–Crippen MR) is 158 cm³/mol. The summed E-state index contributed by atoms with van der Waals surface area (Å²) in [6, 6.07) is -1.23. The van der Waals surface area contributed by atoms with E-state index in [2.05, 4.69) is 0 Å². The maximum Gasteiger partial charge on any atom is 0.145 e. The highest BCUT2D eigenvalue weighted by Crippen LogP contribution is 2.46. The molecule has 6 aliphatic rings. The Bertz CT molecular complexity index is 851. The average molecular weight is 624 g/mol. The summed E-state index contributed by atoms with van der Waals surface area (Å²) >= 11 is 0. The lowest BCUT2D eigenvalue weighted by molar-refractivity contribution is -0.178. The maximum atomic E-state index is 8.00. The van der Waals surface area contributed by atoms with Gasteiger partial charge in [0, 0.05) is 60.7 Å². The quantitative estimate of drug-likeness (QED) is 0.289. The van der Waals surface area contributed by atoms with E-state index in [0.717, 1.165) is 0 Å². The lowest BCUT2D eigenvalue weighted by atomic mass is 9.89. The van der Waals surface area contributed by atoms with Gasteiger partial charge in [-0.25, -0.2) is 0 Å². The summed E-state index contributed by atoms with van der Waals surface area (Å²) < 4.78 is 65.8. The molecular weight excluding hydrogens is 577 g/mol. The average Bonchev–Trinajstić information content (AvgIpc) is 3.79. The van der Waals surface area contributed by atoms with Gasteiger partial charge in [0.25, 0.3) is 0 Å². The molecule has 6 unspecified atom stereocenters. The summed E-state index contributed by atoms with van der Waals surface area (Å²) in [4.78, 5) is 8.00. The topological polar surface area (TPSA) is 128 Å². The molecule has 246 valence electrons. The Morgan fingerprint density at radius 3 is 1.45 bits per heavy atom. The molecular formula is C28H47B3O13. The lowest BCUT2D eigenvalue weighted by Gasteiger charge is -2.35. The monoisotopic (exact) mass is 624 g/mol. The van der Waals surface area contributed by atoms with E-state index < -0.39 is 34.8 Å². The van der Waals surface area contributed by atoms with Crippen molar-refractivity contribution in [3.8, 4) is 0 Å². The summed E-state index contributed by atoms with van der Waals surface area (Å²) in [6.07, 6.45) is -1.10. The van der Waals surface area contributed by atoms with Crippen molar-refractivity contribution in [3.05, 3.63) is 0 Å². The van der Waals surface area contributed by atoms with Crippen LogP contribution >= 0.6 is 0 Å². The van der Waals surface area contributed by atoms with E-state index in [1.807, 2.05) is 27.6 Å². The molecule has 6 saturated heterocycles. The van der Waals surface area contributed by atoms with Crippen LogP contribution in [0, 0.1) is 0 Å². The molecule has 16 heteroatoms. The molecule has 0 aromatic heterocycles. The molecule has 44 heavy (non-hydrogen) atoms. The molecule has 6 rings (SSSR count). The van der Waals surface area contributed by atoms with Crippen molar-refractivity contribution in [1.29, 1.82) is 0 Å². The molecule has 6 heterocycles. The fourth-order valence-corrected chi connectivity index (χ4v) is 7.25. The van der Waals surface area contributed by atoms with Gasteiger partial charge in [-0.05, 0) is 20.8 Å². The number of hydrogen-bond acceptors (Lipinski definition) is 13. The first-order valence-corrected chi connectivity index (χ1v) is 14.6. The molecule has 0 saturated carbocycles. The van der Waals surface area contributed by atoms with Crippen LogP contribution < -0.4 is 0 Å². The second-order valence-electron chi connectivity index (χ2n) is 11.6. The molecule has 0 aromatic rings. The number of methoxy groups -OCH3 is 6. The molecule has 6 aliphatic heterocycles. The second-order valence-corrected chi connectivity index (χ2v) is 11.6. The van der Waals surface area contributed by atoms with Crippen LogP contribution in [0.25, 0.3) is 0 Å². The minimum absolute atomic E-state index is 0.0443. The Hall–Kier alpha value is -0.615. The van der Waals surface area contributed by atoms with Crippen molar-refractivity contribution < 1.29 is 61.6 Å². The van der Waals surface area contributed by atoms with E-state index in [0.29, 0.717) is 19.8 Å². The van der Waals surface area contributed by atoms with Crippen molar-refractivity contribution in [2.24, 2.45) is 0 Å². The number of carbonyl (C=O) groups excluding carboxylic acids is 1. The number of hydrogen-bond donors (Lipinski definition) is 0. The molecule has 15 atom stereocenters. The van der Waals surface area contributed by atoms with E-state index in [1.54, 1.807) is 42.7 Å². The van der Waals surface area contributed by atoms with Gasteiger partial charge >= 0.3 is 0 Å². The molecule has 0 aromatic carbocycles. The predicted octanol–water partition coefficient (Wildman–Crippen LogP) is -1.09. The molecule has 6 bridgehead atoms. The van der Waals surface area contributed by atoms with Crippen LogP contribution in [0.5, 0.6) is 0 Å². The summed E-state index contributed by atoms with van der Waals surface area (Å²) in [6.45, 7) is 9.22. The highest BCUT2D eigenvalue weighted by atomic mass is 16.7. The van der Waals surface area contributed by atoms with Gasteiger partial charge in [0.05, 0.1) is 38.1 Å². The van der Waals surface area contributed by atoms with Crippen LogP contribution in [-0.4, -0.2) is 183 Å². The first-order valence-electron chi connectivity index (χ1n) is 14.6. The minimum atomic E-state index is -0.534. The van der Waals surface area contributed by atoms with Gasteiger partial charge in [-0.1, -0.05) is 0 Å². The smallest absolute Gasteiger partial charge is 0.145 e. The van der Waals surface area contributed by atoms with Crippen LogP contribution in [-0.2, 0) is 61.6 Å². The standard InChI is InChI=1S/3C9H15BO4.CH2O/c1-5(11-2)9-4-13-6(7(9)12-3)8(10)14-9;2*1-5-9(4-11-2)7(12-3)6(13-5)8(10)14-9;1-2/h3*5-8H,4H2,1-3H3;1H2/t5?,6-,7?,8+,9+;2*5?,6-,7?,8+,9-;/m000./s1. The molecule has 6 fully saturated rings. The van der Waals surface area contributed by atoms with E-state index in [9.17, 15) is 0 Å². The Labute approximate surface area is 265 Å². The Morgan fingerprint density at radius 1 is 0.705 bits per heavy atom. The summed E-state index contributed by atoms with van der Waals surface area (Å²) in [5.74, 6) is 0. The van der Waals surface area contributed by atoms with Gasteiger partial charge in [0.1, 0.15) is 83.8 Å². The Morgan fingerprint density at radius 2 is 1.11 bits per heavy atom. The van der Waals surface area contributed by atoms with Crippen molar-refractivity contribution >= 4 is 30.3 Å². The highest BCUT2D eigenvalue weighted by Gasteiger charge is 2.65. The van der Waals surface area contributed by atoms with Crippen LogP contribution in [0.4, 0.5) is 0 Å². The van der Waals surface area contributed by atoms with Crippen LogP contribution in [0.2, 0.25) is 0 Å². The van der Waals surface area contributed by atoms with Gasteiger partial charge in [0.2, 0.25) is 0 Å². The molecule has 13 nitrogen and oxygen atoms in total. The van der Waals surface area contributed by atoms with Crippen LogP contribution in [0.1, 0.15) is 20.8 Å². The number of carbonyl (C=O) groups is 1. The van der Waals surface area contributed by atoms with E-state index in [1.165, 1.54) is 0 Å². The lowest BCUT2D eigenvalue weighted by Crippen LogP contribution is -2.51. The third-order valence-electron chi connectivity index (χ3n) is 9.52. The number of fused-ring (bicyclic) bond motifs is 6. The first-order chi connectivity index (χ1) is 21.0. The fourth-order valence-electron chi connectivity index (χ4n) is 7.25. The fraction of sp³-hybridized carbons (Fsp3) is 0.964. The minimum Gasteiger partial charge on any atom is -0.381 e. The van der Waals surface area contributed by atoms with E-state index in [-0.39, 0.29) is 54.9 Å². The normalized spacial score (nSPS) is 48.2. The van der Waals surface area contributed by atoms with Crippen LogP contribution in [0.15, 0.2) is 0 Å². The van der Waals surface area contributed by atoms with Gasteiger partial charge < -0.3 is 61.6 Å². The summed E-state index contributed by atoms with van der Waals surface area (Å²) in [5, 5.41) is 0. The molecule has 0 N–H and O–H groups in total. The van der Waals surface area contributed by atoms with Gasteiger partial charge in [0.15, 0.2) is 0 Å². The van der Waals surface area contributed by atoms with Crippen molar-refractivity contribution in [3.63, 3.8) is 0 Å². The molecule has 0 aliphatic carbocycles. The summed E-state index contributed by atoms with van der Waals surface area (Å²) in [7, 11) is 27.2. The highest BCUT2D eigenvalue weighted by molar-refractivity contribution is 6.12. The number of rotatable bonds is 9. The number of ether oxygens (including phenoxy) is 12. The SMILES string of the molecule is C=O.[B][C@@H]1O[C@@]2(C(C)OC)CO[C@H]1C2OC.[B][C@@H]1O[C@@]2(COC)C(C)O[C@H]1C2OC.[B][C@@H]1O[C@@]2(COC)C(C)O[C@H]1C2OC. The van der Waals surface area contributed by atoms with Crippen molar-refractivity contribution in [1.82, 2.24) is 0 Å². The van der Waals surface area contributed by atoms with Gasteiger partial charge in [-0.3, -0.25) is 0 Å². The molecule has 0 spiro atoms. The van der Waals surface area contributed by atoms with Crippen molar-refractivity contribution in [2.45, 2.75) is 111 Å². The first kappa shape index (κ1) is 37.8. The van der Waals surface area contributed by atoms with Gasteiger partial charge in [-0.2, -0.15) is 0 Å². The molecule has 6 radical (unpaired) electrons. The Balaban J connectivity index is 0.000000175. The van der Waals surface area contributed by atoms with Gasteiger partial charge in [-0.15, -0.1) is 0 Å². The molecule has 0 amide bonds. The third-order valence-corrected chi connectivity index (χ3v) is 9.52. The van der Waals surface area contributed by atoms with Crippen molar-refractivity contribution in [2.75, 3.05) is 62.5 Å². The maximum absolute atomic E-state index is 8.00. The zero-order chi connectivity index (χ0) is 33.0. The van der Waals surface area contributed by atoms with Crippen LogP contribution in [0.3, 0.4) is 0 Å².